The van der Waals surface area contributed by atoms with E-state index in [4.69, 9.17) is 4.55 Å². The highest BCUT2D eigenvalue weighted by Gasteiger charge is 2.17. The van der Waals surface area contributed by atoms with Gasteiger partial charge in [0.25, 0.3) is 0 Å². The fourth-order valence-corrected chi connectivity index (χ4v) is 4.29. The van der Waals surface area contributed by atoms with Crippen molar-refractivity contribution in [1.29, 1.82) is 0 Å². The Morgan fingerprint density at radius 2 is 1.30 bits per heavy atom. The van der Waals surface area contributed by atoms with Crippen molar-refractivity contribution in [3.05, 3.63) is 23.8 Å². The van der Waals surface area contributed by atoms with Crippen LogP contribution in [-0.4, -0.2) is 18.1 Å². The molecule has 0 aromatic heterocycles. The van der Waals surface area contributed by atoms with Crippen molar-refractivity contribution >= 4 is 10.4 Å². The minimum Gasteiger partial charge on any atom is -0.508 e. The van der Waals surface area contributed by atoms with Gasteiger partial charge in [-0.05, 0) is 30.5 Å². The molecule has 6 heteroatoms. The minimum absolute atomic E-state index is 0.0335. The number of benzene rings is 1. The van der Waals surface area contributed by atoms with E-state index in [1.165, 1.54) is 95.2 Å². The molecule has 0 heterocycles. The summed E-state index contributed by atoms with van der Waals surface area (Å²) in [6, 6.07) is 4.23. The van der Waals surface area contributed by atoms with E-state index in [-0.39, 0.29) is 17.4 Å². The van der Waals surface area contributed by atoms with E-state index in [9.17, 15) is 13.5 Å². The zero-order chi connectivity index (χ0) is 22.2. The molecule has 0 aliphatic carbocycles. The summed E-state index contributed by atoms with van der Waals surface area (Å²) in [5.41, 5.74) is 0.599. The van der Waals surface area contributed by atoms with Crippen LogP contribution in [0.3, 0.4) is 0 Å². The van der Waals surface area contributed by atoms with Gasteiger partial charge in [0.1, 0.15) is 11.5 Å². The lowest BCUT2D eigenvalue weighted by Gasteiger charge is -2.16. The van der Waals surface area contributed by atoms with Crippen LogP contribution in [0, 0.1) is 0 Å². The third-order valence-electron chi connectivity index (χ3n) is 5.71. The number of unbranched alkanes of at least 4 members (excludes halogenated alkanes) is 13. The summed E-state index contributed by atoms with van der Waals surface area (Å²) in [5, 5.41) is 9.71. The molecule has 0 aliphatic heterocycles. The van der Waals surface area contributed by atoms with Gasteiger partial charge in [-0.15, -0.1) is 0 Å². The minimum atomic E-state index is -4.58. The predicted octanol–water partition coefficient (Wildman–Crippen LogP) is 7.55. The fraction of sp³-hybridized carbons (Fsp3) is 0.750. The third kappa shape index (κ3) is 13.1. The van der Waals surface area contributed by atoms with Gasteiger partial charge in [0.2, 0.25) is 0 Å². The van der Waals surface area contributed by atoms with Gasteiger partial charge < -0.3 is 9.29 Å². The molecule has 0 radical (unpaired) electrons. The second kappa shape index (κ2) is 15.5. The highest BCUT2D eigenvalue weighted by molar-refractivity contribution is 7.81. The molecule has 30 heavy (non-hydrogen) atoms. The van der Waals surface area contributed by atoms with E-state index >= 15 is 0 Å². The van der Waals surface area contributed by atoms with Gasteiger partial charge in [0.15, 0.2) is 0 Å². The van der Waals surface area contributed by atoms with Gasteiger partial charge in [-0.1, -0.05) is 104 Å². The second-order valence-electron chi connectivity index (χ2n) is 8.52. The van der Waals surface area contributed by atoms with Crippen LogP contribution in [0.4, 0.5) is 0 Å². The molecular formula is C24H42O5S. The lowest BCUT2D eigenvalue weighted by molar-refractivity contribution is 0.382. The third-order valence-corrected chi connectivity index (χ3v) is 6.10. The van der Waals surface area contributed by atoms with Crippen LogP contribution in [0.2, 0.25) is 0 Å². The van der Waals surface area contributed by atoms with Crippen LogP contribution in [0.15, 0.2) is 18.2 Å². The highest BCUT2D eigenvalue weighted by Crippen LogP contribution is 2.33. The Morgan fingerprint density at radius 1 is 0.833 bits per heavy atom. The Labute approximate surface area is 184 Å². The zero-order valence-corrected chi connectivity index (χ0v) is 19.8. The van der Waals surface area contributed by atoms with Crippen LogP contribution in [0.25, 0.3) is 0 Å². The van der Waals surface area contributed by atoms with Crippen LogP contribution in [0.5, 0.6) is 11.5 Å². The van der Waals surface area contributed by atoms with Gasteiger partial charge in [-0.25, -0.2) is 0 Å². The molecular weight excluding hydrogens is 400 g/mol. The van der Waals surface area contributed by atoms with Crippen LogP contribution >= 0.6 is 0 Å². The molecule has 0 spiro atoms. The molecule has 0 bridgehead atoms. The number of phenolic OH excluding ortho intramolecular Hbond substituents is 1. The average Bonchev–Trinajstić information content (AvgIpc) is 2.68. The molecule has 1 atom stereocenters. The average molecular weight is 443 g/mol. The van der Waals surface area contributed by atoms with Crippen LogP contribution < -0.4 is 4.18 Å². The second-order valence-corrected chi connectivity index (χ2v) is 9.54. The quantitative estimate of drug-likeness (QED) is 0.181. The standard InChI is InChI=1S/C24H42O5S/c1-3-4-5-6-7-8-9-10-11-12-13-14-15-16-17-21(2)23-20-22(25)18-19-24(23)29-30(26,27)28/h18-21,25H,3-17H2,1-2H3,(H,26,27,28). The molecule has 1 unspecified atom stereocenters. The lowest BCUT2D eigenvalue weighted by Crippen LogP contribution is -2.09. The number of hydrogen-bond acceptors (Lipinski definition) is 4. The molecule has 0 saturated heterocycles. The molecule has 0 aliphatic rings. The maximum Gasteiger partial charge on any atom is 0.446 e. The first kappa shape index (κ1) is 26.8. The van der Waals surface area contributed by atoms with E-state index in [1.807, 2.05) is 6.92 Å². The van der Waals surface area contributed by atoms with Gasteiger partial charge >= 0.3 is 10.4 Å². The topological polar surface area (TPSA) is 83.8 Å². The zero-order valence-electron chi connectivity index (χ0n) is 18.9. The monoisotopic (exact) mass is 442 g/mol. The van der Waals surface area contributed by atoms with Crippen LogP contribution in [0.1, 0.15) is 122 Å². The Kier molecular flexibility index (Phi) is 13.8. The molecule has 2 N–H and O–H groups in total. The summed E-state index contributed by atoms with van der Waals surface area (Å²) in [6.07, 6.45) is 19.2. The van der Waals surface area contributed by atoms with Crippen molar-refractivity contribution in [3.8, 4) is 11.5 Å². The van der Waals surface area contributed by atoms with Crippen LogP contribution in [-0.2, 0) is 10.4 Å². The number of phenols is 1. The van der Waals surface area contributed by atoms with Crippen molar-refractivity contribution in [2.45, 2.75) is 116 Å². The Balaban J connectivity index is 2.13. The molecule has 1 aromatic rings. The summed E-state index contributed by atoms with van der Waals surface area (Å²) in [6.45, 7) is 4.24. The number of hydrogen-bond donors (Lipinski definition) is 2. The summed E-state index contributed by atoms with van der Waals surface area (Å²) < 4.78 is 35.6. The SMILES string of the molecule is CCCCCCCCCCCCCCCCC(C)c1cc(O)ccc1OS(=O)(=O)O. The number of rotatable bonds is 18. The van der Waals surface area contributed by atoms with E-state index in [0.29, 0.717) is 5.56 Å². The van der Waals surface area contributed by atoms with Gasteiger partial charge in [-0.3, -0.25) is 4.55 Å². The Hall–Kier alpha value is -1.27. The first-order chi connectivity index (χ1) is 14.3. The van der Waals surface area contributed by atoms with Crippen molar-refractivity contribution in [3.63, 3.8) is 0 Å². The molecule has 174 valence electrons. The maximum atomic E-state index is 11.0. The molecule has 1 aromatic carbocycles. The Bertz CT molecular complexity index is 672. The van der Waals surface area contributed by atoms with E-state index in [1.54, 1.807) is 0 Å². The van der Waals surface area contributed by atoms with Crippen molar-refractivity contribution in [2.24, 2.45) is 0 Å². The first-order valence-electron chi connectivity index (χ1n) is 11.8. The van der Waals surface area contributed by atoms with Gasteiger partial charge in [0.05, 0.1) is 0 Å². The van der Waals surface area contributed by atoms with E-state index in [2.05, 4.69) is 11.1 Å². The largest absolute Gasteiger partial charge is 0.508 e. The van der Waals surface area contributed by atoms with E-state index < -0.39 is 10.4 Å². The highest BCUT2D eigenvalue weighted by atomic mass is 32.3. The molecule has 0 fully saturated rings. The van der Waals surface area contributed by atoms with E-state index in [0.717, 1.165) is 19.3 Å². The van der Waals surface area contributed by atoms with Gasteiger partial charge in [-0.2, -0.15) is 8.42 Å². The fourth-order valence-electron chi connectivity index (χ4n) is 3.91. The molecule has 0 saturated carbocycles. The normalized spacial score (nSPS) is 12.8. The van der Waals surface area contributed by atoms with Crippen molar-refractivity contribution in [2.75, 3.05) is 0 Å². The molecule has 0 amide bonds. The lowest BCUT2D eigenvalue weighted by atomic mass is 9.93. The summed E-state index contributed by atoms with van der Waals surface area (Å²) in [7, 11) is -4.58. The van der Waals surface area contributed by atoms with Crippen molar-refractivity contribution < 1.29 is 22.3 Å². The smallest absolute Gasteiger partial charge is 0.446 e. The summed E-state index contributed by atoms with van der Waals surface area (Å²) in [5.74, 6) is 0.167. The molecule has 1 rings (SSSR count). The van der Waals surface area contributed by atoms with Crippen molar-refractivity contribution in [1.82, 2.24) is 0 Å². The predicted molar refractivity (Wildman–Crippen MR) is 124 cm³/mol. The molecule has 5 nitrogen and oxygen atoms in total. The van der Waals surface area contributed by atoms with Gasteiger partial charge in [0, 0.05) is 5.56 Å². The first-order valence-corrected chi connectivity index (χ1v) is 13.2. The summed E-state index contributed by atoms with van der Waals surface area (Å²) >= 11 is 0. The number of aromatic hydroxyl groups is 1. The summed E-state index contributed by atoms with van der Waals surface area (Å²) in [4.78, 5) is 0. The maximum absolute atomic E-state index is 11.0. The Morgan fingerprint density at radius 3 is 1.77 bits per heavy atom.